The highest BCUT2D eigenvalue weighted by Gasteiger charge is 2.27. The first-order chi connectivity index (χ1) is 16.8. The molecule has 0 saturated heterocycles. The van der Waals surface area contributed by atoms with E-state index in [2.05, 4.69) is 15.6 Å². The standard InChI is InChI=1S/C26H28ClN3O5/c1-15-12-20(35-19-5-2-16(3-6-19)26(33)34)7-8-21(15)24(31)28-10-11-29-25(32)23-14-17-13-18(27)4-9-22(17)30-23/h4,7-9,12-14,16,19,30H,2-3,5-6,10-11H2,1H3,(H,28,31)(H,29,32)(H,33,34)/t16-,19+. The van der Waals surface area contributed by atoms with Crippen molar-refractivity contribution >= 4 is 40.3 Å². The molecule has 3 aromatic rings. The highest BCUT2D eigenvalue weighted by molar-refractivity contribution is 6.31. The lowest BCUT2D eigenvalue weighted by Gasteiger charge is -2.27. The van der Waals surface area contributed by atoms with Gasteiger partial charge in [0.2, 0.25) is 0 Å². The number of fused-ring (bicyclic) bond motifs is 1. The number of aryl methyl sites for hydroxylation is 1. The molecule has 1 aromatic heterocycles. The maximum atomic E-state index is 12.6. The average Bonchev–Trinajstić information content (AvgIpc) is 3.25. The van der Waals surface area contributed by atoms with Crippen molar-refractivity contribution in [1.82, 2.24) is 15.6 Å². The van der Waals surface area contributed by atoms with E-state index in [-0.39, 0.29) is 36.9 Å². The minimum Gasteiger partial charge on any atom is -0.490 e. The van der Waals surface area contributed by atoms with Gasteiger partial charge in [-0.3, -0.25) is 14.4 Å². The molecule has 4 N–H and O–H groups in total. The molecule has 35 heavy (non-hydrogen) atoms. The molecule has 0 radical (unpaired) electrons. The summed E-state index contributed by atoms with van der Waals surface area (Å²) >= 11 is 5.99. The fraction of sp³-hybridized carbons (Fsp3) is 0.346. The Balaban J connectivity index is 1.23. The molecule has 1 fully saturated rings. The summed E-state index contributed by atoms with van der Waals surface area (Å²) in [7, 11) is 0. The van der Waals surface area contributed by atoms with Crippen LogP contribution in [0, 0.1) is 12.8 Å². The topological polar surface area (TPSA) is 121 Å². The van der Waals surface area contributed by atoms with Crippen molar-refractivity contribution in [2.45, 2.75) is 38.7 Å². The van der Waals surface area contributed by atoms with E-state index in [0.29, 0.717) is 47.7 Å². The summed E-state index contributed by atoms with van der Waals surface area (Å²) in [6, 6.07) is 12.4. The lowest BCUT2D eigenvalue weighted by atomic mass is 9.87. The number of halogens is 1. The Kier molecular flexibility index (Phi) is 7.60. The van der Waals surface area contributed by atoms with Crippen LogP contribution in [0.1, 0.15) is 52.1 Å². The second-order valence-electron chi connectivity index (χ2n) is 8.83. The van der Waals surface area contributed by atoms with E-state index in [1.807, 2.05) is 19.1 Å². The summed E-state index contributed by atoms with van der Waals surface area (Å²) in [5.41, 5.74) is 2.56. The molecule has 8 nitrogen and oxygen atoms in total. The average molecular weight is 498 g/mol. The van der Waals surface area contributed by atoms with Crippen LogP contribution in [-0.2, 0) is 4.79 Å². The molecule has 9 heteroatoms. The number of carbonyl (C=O) groups excluding carboxylic acids is 2. The Morgan fingerprint density at radius 1 is 1.00 bits per heavy atom. The van der Waals surface area contributed by atoms with Gasteiger partial charge >= 0.3 is 5.97 Å². The molecular formula is C26H28ClN3O5. The third-order valence-corrected chi connectivity index (χ3v) is 6.53. The quantitative estimate of drug-likeness (QED) is 0.345. The molecule has 0 atom stereocenters. The third kappa shape index (κ3) is 6.14. The summed E-state index contributed by atoms with van der Waals surface area (Å²) < 4.78 is 6.01. The van der Waals surface area contributed by atoms with E-state index in [0.717, 1.165) is 16.5 Å². The highest BCUT2D eigenvalue weighted by Crippen LogP contribution is 2.28. The molecule has 184 valence electrons. The normalized spacial score (nSPS) is 17.7. The van der Waals surface area contributed by atoms with Gasteiger partial charge in [-0.15, -0.1) is 0 Å². The fourth-order valence-corrected chi connectivity index (χ4v) is 4.53. The zero-order valence-electron chi connectivity index (χ0n) is 19.4. The number of aliphatic carboxylic acids is 1. The number of carboxylic acids is 1. The Labute approximate surface area is 208 Å². The minimum absolute atomic E-state index is 0.0115. The minimum atomic E-state index is -0.738. The smallest absolute Gasteiger partial charge is 0.306 e. The molecule has 0 spiro atoms. The molecule has 1 aliphatic rings. The van der Waals surface area contributed by atoms with Crippen molar-refractivity contribution in [2.24, 2.45) is 5.92 Å². The lowest BCUT2D eigenvalue weighted by molar-refractivity contribution is -0.143. The molecule has 1 saturated carbocycles. The zero-order valence-corrected chi connectivity index (χ0v) is 20.2. The second-order valence-corrected chi connectivity index (χ2v) is 9.27. The van der Waals surface area contributed by atoms with E-state index >= 15 is 0 Å². The van der Waals surface area contributed by atoms with E-state index in [4.69, 9.17) is 21.4 Å². The highest BCUT2D eigenvalue weighted by atomic mass is 35.5. The van der Waals surface area contributed by atoms with Crippen LogP contribution in [0.15, 0.2) is 42.5 Å². The van der Waals surface area contributed by atoms with Crippen LogP contribution in [0.5, 0.6) is 5.75 Å². The first kappa shape index (κ1) is 24.6. The van der Waals surface area contributed by atoms with Crippen molar-refractivity contribution < 1.29 is 24.2 Å². The van der Waals surface area contributed by atoms with Gasteiger partial charge in [-0.25, -0.2) is 0 Å². The van der Waals surface area contributed by atoms with Crippen LogP contribution in [-0.4, -0.2) is 47.1 Å². The molecule has 2 aromatic carbocycles. The van der Waals surface area contributed by atoms with Crippen molar-refractivity contribution in [2.75, 3.05) is 13.1 Å². The fourth-order valence-electron chi connectivity index (χ4n) is 4.35. The maximum absolute atomic E-state index is 12.6. The Morgan fingerprint density at radius 2 is 1.71 bits per heavy atom. The van der Waals surface area contributed by atoms with Crippen LogP contribution < -0.4 is 15.4 Å². The number of hydrogen-bond donors (Lipinski definition) is 4. The molecule has 4 rings (SSSR count). The Morgan fingerprint density at radius 3 is 2.40 bits per heavy atom. The number of ether oxygens (including phenoxy) is 1. The van der Waals surface area contributed by atoms with Crippen LogP contribution in [0.4, 0.5) is 0 Å². The molecular weight excluding hydrogens is 470 g/mol. The van der Waals surface area contributed by atoms with Crippen molar-refractivity contribution in [3.63, 3.8) is 0 Å². The maximum Gasteiger partial charge on any atom is 0.306 e. The molecule has 1 heterocycles. The second kappa shape index (κ2) is 10.8. The van der Waals surface area contributed by atoms with Crippen molar-refractivity contribution in [1.29, 1.82) is 0 Å². The van der Waals surface area contributed by atoms with Gasteiger partial charge in [-0.05, 0) is 80.6 Å². The molecule has 1 aliphatic carbocycles. The van der Waals surface area contributed by atoms with Gasteiger partial charge in [0, 0.05) is 34.6 Å². The summed E-state index contributed by atoms with van der Waals surface area (Å²) in [5, 5.41) is 16.2. The van der Waals surface area contributed by atoms with E-state index in [1.165, 1.54) is 0 Å². The van der Waals surface area contributed by atoms with Gasteiger partial charge in [0.05, 0.1) is 12.0 Å². The van der Waals surface area contributed by atoms with E-state index < -0.39 is 5.97 Å². The van der Waals surface area contributed by atoms with Crippen LogP contribution in [0.3, 0.4) is 0 Å². The number of nitrogens with one attached hydrogen (secondary N) is 3. The van der Waals surface area contributed by atoms with E-state index in [9.17, 15) is 14.4 Å². The molecule has 0 unspecified atom stereocenters. The van der Waals surface area contributed by atoms with Gasteiger partial charge in [-0.2, -0.15) is 0 Å². The lowest BCUT2D eigenvalue weighted by Crippen LogP contribution is -2.35. The van der Waals surface area contributed by atoms with Gasteiger partial charge < -0.3 is 25.5 Å². The third-order valence-electron chi connectivity index (χ3n) is 6.29. The van der Waals surface area contributed by atoms with Gasteiger partial charge in [0.15, 0.2) is 0 Å². The van der Waals surface area contributed by atoms with Crippen molar-refractivity contribution in [3.8, 4) is 5.75 Å². The van der Waals surface area contributed by atoms with Gasteiger partial charge in [0.25, 0.3) is 11.8 Å². The number of benzene rings is 2. The Bertz CT molecular complexity index is 1250. The first-order valence-electron chi connectivity index (χ1n) is 11.6. The summed E-state index contributed by atoms with van der Waals surface area (Å²) in [6.45, 7) is 2.40. The molecule has 0 bridgehead atoms. The number of aromatic amines is 1. The van der Waals surface area contributed by atoms with Gasteiger partial charge in [0.1, 0.15) is 11.4 Å². The number of carbonyl (C=O) groups is 3. The molecule has 0 aliphatic heterocycles. The van der Waals surface area contributed by atoms with Gasteiger partial charge in [-0.1, -0.05) is 11.6 Å². The number of aromatic nitrogens is 1. The van der Waals surface area contributed by atoms with Crippen LogP contribution in [0.2, 0.25) is 5.02 Å². The summed E-state index contributed by atoms with van der Waals surface area (Å²) in [4.78, 5) is 39.1. The number of H-pyrrole nitrogens is 1. The number of carboxylic acid groups (broad SMARTS) is 1. The SMILES string of the molecule is Cc1cc(O[C@H]2CC[C@@H](C(=O)O)CC2)ccc1C(=O)NCCNC(=O)c1cc2cc(Cl)ccc2[nH]1. The predicted molar refractivity (Wildman–Crippen MR) is 133 cm³/mol. The number of amides is 2. The predicted octanol–water partition coefficient (Wildman–Crippen LogP) is 4.31. The molecule has 2 amide bonds. The van der Waals surface area contributed by atoms with E-state index in [1.54, 1.807) is 30.3 Å². The monoisotopic (exact) mass is 497 g/mol. The van der Waals surface area contributed by atoms with Crippen LogP contribution >= 0.6 is 11.6 Å². The van der Waals surface area contributed by atoms with Crippen molar-refractivity contribution in [3.05, 3.63) is 64.3 Å². The zero-order chi connectivity index (χ0) is 24.9. The number of rotatable bonds is 8. The first-order valence-corrected chi connectivity index (χ1v) is 12.0. The van der Waals surface area contributed by atoms with Crippen LogP contribution in [0.25, 0.3) is 10.9 Å². The summed E-state index contributed by atoms with van der Waals surface area (Å²) in [6.07, 6.45) is 2.63. The summed E-state index contributed by atoms with van der Waals surface area (Å²) in [5.74, 6) is -0.844. The number of hydrogen-bond acceptors (Lipinski definition) is 4. The largest absolute Gasteiger partial charge is 0.490 e. The Hall–Kier alpha value is -3.52.